The van der Waals surface area contributed by atoms with Gasteiger partial charge in [-0.05, 0) is 118 Å². The zero-order chi connectivity index (χ0) is 61.0. The van der Waals surface area contributed by atoms with Gasteiger partial charge in [0.2, 0.25) is 17.7 Å². The molecular weight excluding hydrogens is 1120 g/mol. The molecule has 1 atom stereocenters. The summed E-state index contributed by atoms with van der Waals surface area (Å²) in [5.74, 6) is -1.42. The number of nitro groups is 2. The Morgan fingerprint density at radius 2 is 1.40 bits per heavy atom. The van der Waals surface area contributed by atoms with Crippen LogP contribution in [0.25, 0.3) is 22.2 Å². The van der Waals surface area contributed by atoms with Gasteiger partial charge in [0.05, 0.1) is 90.2 Å². The van der Waals surface area contributed by atoms with Crippen molar-refractivity contribution in [1.82, 2.24) is 21.1 Å². The summed E-state index contributed by atoms with van der Waals surface area (Å²) < 4.78 is 87.2. The van der Waals surface area contributed by atoms with Crippen LogP contribution in [0.1, 0.15) is 116 Å². The molecule has 7 N–H and O–H groups in total. The third-order valence-electron chi connectivity index (χ3n) is 14.2. The van der Waals surface area contributed by atoms with E-state index in [1.165, 1.54) is 12.1 Å². The number of benzene rings is 4. The molecule has 1 fully saturated rings. The Labute approximate surface area is 479 Å². The van der Waals surface area contributed by atoms with Crippen LogP contribution in [0.4, 0.5) is 34.1 Å². The highest BCUT2D eigenvalue weighted by Gasteiger charge is 2.37. The minimum atomic E-state index is -5.11. The number of nitro benzene ring substituents is 2. The molecule has 1 aromatic heterocycles. The number of ether oxygens (including phenoxy) is 2. The second-order valence-corrected chi connectivity index (χ2v) is 26.0. The van der Waals surface area contributed by atoms with E-state index in [2.05, 4.69) is 31.7 Å². The number of fused-ring (bicyclic) bond motifs is 2. The van der Waals surface area contributed by atoms with Crippen LogP contribution >= 0.6 is 0 Å². The fraction of sp³-hybridized carbons (Fsp3) is 0.473. The van der Waals surface area contributed by atoms with E-state index in [0.29, 0.717) is 66.9 Å². The molecule has 2 heterocycles. The molecule has 0 saturated carbocycles. The van der Waals surface area contributed by atoms with Crippen LogP contribution in [-0.2, 0) is 44.1 Å². The van der Waals surface area contributed by atoms with E-state index in [-0.39, 0.29) is 97.4 Å². The summed E-state index contributed by atoms with van der Waals surface area (Å²) >= 11 is 0. The first-order valence-electron chi connectivity index (χ1n) is 26.7. The van der Waals surface area contributed by atoms with Gasteiger partial charge in [-0.1, -0.05) is 29.4 Å². The molecule has 1 aliphatic heterocycles. The number of carbonyl (C=O) groups excluding carboxylic acids is 4. The van der Waals surface area contributed by atoms with Crippen LogP contribution in [0.3, 0.4) is 0 Å². The monoisotopic (exact) mass is 1190 g/mol. The van der Waals surface area contributed by atoms with Gasteiger partial charge in [0.15, 0.2) is 11.5 Å². The number of nitrogens with one attached hydrogen (secondary N) is 5. The van der Waals surface area contributed by atoms with Crippen molar-refractivity contribution in [3.8, 4) is 11.3 Å². The second kappa shape index (κ2) is 24.7. The summed E-state index contributed by atoms with van der Waals surface area (Å²) in [6, 6.07) is 14.2. The molecule has 4 aromatic carbocycles. The summed E-state index contributed by atoms with van der Waals surface area (Å²) in [6.45, 7) is 16.0. The number of non-ortho nitro benzene ring substituents is 1. The van der Waals surface area contributed by atoms with E-state index in [1.807, 2.05) is 46.4 Å². The predicted molar refractivity (Wildman–Crippen MR) is 306 cm³/mol. The number of carbonyl (C=O) groups is 4. The Morgan fingerprint density at radius 1 is 0.771 bits per heavy atom. The van der Waals surface area contributed by atoms with E-state index in [1.54, 1.807) is 44.2 Å². The van der Waals surface area contributed by atoms with Crippen molar-refractivity contribution in [3.05, 3.63) is 98.1 Å². The van der Waals surface area contributed by atoms with Crippen molar-refractivity contribution >= 4 is 88.8 Å². The van der Waals surface area contributed by atoms with E-state index in [4.69, 9.17) is 14.0 Å². The van der Waals surface area contributed by atoms with E-state index in [9.17, 15) is 65.3 Å². The summed E-state index contributed by atoms with van der Waals surface area (Å²) in [4.78, 5) is 75.4. The van der Waals surface area contributed by atoms with Gasteiger partial charge in [0, 0.05) is 56.2 Å². The van der Waals surface area contributed by atoms with Gasteiger partial charge in [-0.2, -0.15) is 16.8 Å². The Balaban J connectivity index is 0.870. The first kappa shape index (κ1) is 63.0. The smallest absolute Gasteiger partial charge is 0.299 e. The third-order valence-corrected chi connectivity index (χ3v) is 15.9. The van der Waals surface area contributed by atoms with Crippen molar-refractivity contribution in [1.29, 1.82) is 0 Å². The number of rotatable bonds is 27. The van der Waals surface area contributed by atoms with E-state index in [0.717, 1.165) is 18.2 Å². The number of ketones is 1. The number of amides is 3. The van der Waals surface area contributed by atoms with Crippen LogP contribution in [-0.4, -0.2) is 126 Å². The molecule has 0 bridgehead atoms. The Hall–Kier alpha value is -7.63. The molecule has 448 valence electrons. The molecule has 0 unspecified atom stereocenters. The van der Waals surface area contributed by atoms with Gasteiger partial charge in [-0.15, -0.1) is 0 Å². The SMILES string of the molecule is CC(C)(COC(C)(C)CCNC(=O)[C@H]1CCCN(c2cc(Nc3ccc(S(=O)(=O)O)cc3S(=O)(=O)O)c3c4c(onc24)-c2ccccc2C3=O)C1)NC(=O)CCCC(=O)NCCC(C)(C)OCC(C)(C)Nc1ccc([N+](=O)[O-])cc1[N+](=O)[O-]. The molecule has 83 heavy (non-hydrogen) atoms. The normalized spacial score (nSPS) is 14.9. The van der Waals surface area contributed by atoms with Crippen molar-refractivity contribution < 1.29 is 69.0 Å². The highest BCUT2D eigenvalue weighted by Crippen LogP contribution is 2.47. The number of aromatic nitrogens is 1. The Morgan fingerprint density at radius 3 is 2.04 bits per heavy atom. The number of nitrogens with zero attached hydrogens (tertiary/aromatic N) is 4. The van der Waals surface area contributed by atoms with Crippen LogP contribution in [0.5, 0.6) is 0 Å². The molecule has 0 spiro atoms. The minimum Gasteiger partial charge on any atom is -0.373 e. The van der Waals surface area contributed by atoms with Gasteiger partial charge in [0.1, 0.15) is 16.1 Å². The lowest BCUT2D eigenvalue weighted by atomic mass is 9.86. The van der Waals surface area contributed by atoms with Crippen molar-refractivity contribution in [2.24, 2.45) is 5.92 Å². The van der Waals surface area contributed by atoms with Gasteiger partial charge in [-0.3, -0.25) is 48.5 Å². The summed E-state index contributed by atoms with van der Waals surface area (Å²) in [5.41, 5.74) is -2.46. The maximum atomic E-state index is 14.3. The first-order valence-corrected chi connectivity index (χ1v) is 29.6. The zero-order valence-electron chi connectivity index (χ0n) is 47.2. The largest absolute Gasteiger partial charge is 0.373 e. The lowest BCUT2D eigenvalue weighted by Crippen LogP contribution is -2.49. The van der Waals surface area contributed by atoms with Gasteiger partial charge in [-0.25, -0.2) is 0 Å². The fourth-order valence-electron chi connectivity index (χ4n) is 9.71. The highest BCUT2D eigenvalue weighted by atomic mass is 32.2. The Bertz CT molecular complexity index is 3580. The van der Waals surface area contributed by atoms with Crippen molar-refractivity contribution in [3.63, 3.8) is 0 Å². The minimum absolute atomic E-state index is 0.0668. The molecule has 5 aromatic rings. The van der Waals surface area contributed by atoms with Crippen LogP contribution in [0, 0.1) is 26.1 Å². The lowest BCUT2D eigenvalue weighted by Gasteiger charge is -2.35. The van der Waals surface area contributed by atoms with E-state index >= 15 is 0 Å². The van der Waals surface area contributed by atoms with Crippen molar-refractivity contribution in [2.75, 3.05) is 54.9 Å². The number of hydrogen-bond acceptors (Lipinski definition) is 19. The molecular formula is C55H69N9O17S2. The number of anilines is 4. The van der Waals surface area contributed by atoms with Crippen LogP contribution < -0.4 is 31.5 Å². The molecule has 7 rings (SSSR count). The summed E-state index contributed by atoms with van der Waals surface area (Å²) in [6.07, 6.45) is 2.44. The molecule has 28 heteroatoms. The molecule has 1 saturated heterocycles. The molecule has 1 aliphatic carbocycles. The highest BCUT2D eigenvalue weighted by molar-refractivity contribution is 7.86. The standard InChI is InChI=1S/C55H69N9O17S2/c1-52(2,59-38-20-18-34(63(69)70)27-41(38)64(71)72)31-79-54(5,6)22-24-56-44(65)16-11-17-45(66)60-53(3,4)32-80-55(7,8)23-25-57-51(68)33-13-12-26-62(30-33)42-29-40(58-39-21-19-35(82(73,74)75)28-43(39)83(76,77)78)46-47-48(42)61-81-50(47)37-15-10-9-14-36(37)49(46)67/h9-10,14-15,18-21,27-29,33,58-59H,11-13,16-17,22-26,30-32H2,1-8H3,(H,56,65)(H,57,68)(H,60,66)(H,73,74,75)(H,76,77,78)/t33-/m0/s1. The van der Waals surface area contributed by atoms with Gasteiger partial charge >= 0.3 is 0 Å². The summed E-state index contributed by atoms with van der Waals surface area (Å²) in [7, 11) is -9.99. The molecule has 2 aliphatic rings. The zero-order valence-corrected chi connectivity index (χ0v) is 48.9. The average Bonchev–Trinajstić information content (AvgIpc) is 2.57. The summed E-state index contributed by atoms with van der Waals surface area (Å²) in [5, 5.41) is 42.3. The topological polar surface area (TPSA) is 371 Å². The Kier molecular flexibility index (Phi) is 18.7. The van der Waals surface area contributed by atoms with Gasteiger partial charge in [0.25, 0.3) is 31.6 Å². The molecule has 26 nitrogen and oxygen atoms in total. The van der Waals surface area contributed by atoms with E-state index < -0.39 is 85.2 Å². The first-order chi connectivity index (χ1) is 38.6. The predicted octanol–water partition coefficient (Wildman–Crippen LogP) is 7.87. The van der Waals surface area contributed by atoms with Crippen LogP contribution in [0.2, 0.25) is 0 Å². The molecule has 3 amide bonds. The van der Waals surface area contributed by atoms with Crippen molar-refractivity contribution in [2.45, 2.75) is 132 Å². The lowest BCUT2D eigenvalue weighted by molar-refractivity contribution is -0.393. The maximum Gasteiger partial charge on any atom is 0.299 e. The second-order valence-electron chi connectivity index (χ2n) is 23.2. The quantitative estimate of drug-likeness (QED) is 0.0146. The van der Waals surface area contributed by atoms with Gasteiger partial charge < -0.3 is 45.5 Å². The number of hydrogen-bond donors (Lipinski definition) is 7. The number of piperidine rings is 1. The molecule has 0 radical (unpaired) electrons. The fourth-order valence-corrected chi connectivity index (χ4v) is 11.0. The maximum absolute atomic E-state index is 14.3. The third kappa shape index (κ3) is 15.9. The van der Waals surface area contributed by atoms with Crippen LogP contribution in [0.15, 0.2) is 81.0 Å². The average molecular weight is 1190 g/mol.